The van der Waals surface area contributed by atoms with Gasteiger partial charge in [-0.05, 0) is 36.8 Å². The van der Waals surface area contributed by atoms with Crippen molar-refractivity contribution in [1.29, 1.82) is 0 Å². The number of hydrogen-bond acceptors (Lipinski definition) is 5. The van der Waals surface area contributed by atoms with Crippen LogP contribution in [0.25, 0.3) is 5.69 Å². The molecule has 1 aromatic heterocycles. The van der Waals surface area contributed by atoms with Crippen molar-refractivity contribution in [2.24, 2.45) is 0 Å². The Hall–Kier alpha value is -3.07. The normalized spacial score (nSPS) is 14.0. The van der Waals surface area contributed by atoms with E-state index in [2.05, 4.69) is 15.4 Å². The van der Waals surface area contributed by atoms with Crippen LogP contribution in [0.3, 0.4) is 0 Å². The van der Waals surface area contributed by atoms with E-state index in [1.54, 1.807) is 12.1 Å². The molecule has 1 saturated heterocycles. The second-order valence-electron chi connectivity index (χ2n) is 6.71. The summed E-state index contributed by atoms with van der Waals surface area (Å²) in [4.78, 5) is 5.90. The first-order valence-corrected chi connectivity index (χ1v) is 8.66. The number of rotatable bonds is 5. The second-order valence-corrected chi connectivity index (χ2v) is 6.71. The van der Waals surface area contributed by atoms with Gasteiger partial charge in [-0.25, -0.2) is 17.9 Å². The predicted molar refractivity (Wildman–Crippen MR) is 98.7 cm³/mol. The monoisotopic (exact) mass is 389 g/mol. The zero-order valence-corrected chi connectivity index (χ0v) is 15.3. The van der Waals surface area contributed by atoms with E-state index in [4.69, 9.17) is 4.74 Å². The highest BCUT2D eigenvalue weighted by Gasteiger charge is 2.26. The highest BCUT2D eigenvalue weighted by Crippen LogP contribution is 2.31. The van der Waals surface area contributed by atoms with Crippen LogP contribution in [0.2, 0.25) is 0 Å². The van der Waals surface area contributed by atoms with E-state index in [0.29, 0.717) is 18.9 Å². The summed E-state index contributed by atoms with van der Waals surface area (Å²) in [7, 11) is 1.82. The Labute approximate surface area is 159 Å². The number of aryl methyl sites for hydroxylation is 1. The van der Waals surface area contributed by atoms with Gasteiger partial charge in [0.2, 0.25) is 5.95 Å². The standard InChI is InChI=1S/C19H18F3N5O/c1-11-3-16(18(22)17(4-11)26(2)15-8-28-9-15)24-19-23-10-27(25-19)14-6-12(20)5-13(21)7-14/h3-7,10,15H,8-9H2,1-2H3,(H,24,25). The van der Waals surface area contributed by atoms with Crippen LogP contribution in [0.5, 0.6) is 0 Å². The Balaban J connectivity index is 1.61. The van der Waals surface area contributed by atoms with Gasteiger partial charge in [-0.15, -0.1) is 5.10 Å². The topological polar surface area (TPSA) is 55.2 Å². The molecule has 0 unspecified atom stereocenters. The summed E-state index contributed by atoms with van der Waals surface area (Å²) in [5.74, 6) is -1.78. The van der Waals surface area contributed by atoms with Gasteiger partial charge >= 0.3 is 0 Å². The number of likely N-dealkylation sites (N-methyl/N-ethyl adjacent to an activating group) is 1. The van der Waals surface area contributed by atoms with Crippen LogP contribution in [-0.4, -0.2) is 41.1 Å². The first kappa shape index (κ1) is 18.3. The molecule has 0 amide bonds. The van der Waals surface area contributed by atoms with Gasteiger partial charge in [-0.3, -0.25) is 0 Å². The molecule has 0 atom stereocenters. The molecule has 2 heterocycles. The summed E-state index contributed by atoms with van der Waals surface area (Å²) in [6, 6.07) is 6.56. The highest BCUT2D eigenvalue weighted by atomic mass is 19.1. The molecule has 0 bridgehead atoms. The predicted octanol–water partition coefficient (Wildman–Crippen LogP) is 3.57. The first-order valence-electron chi connectivity index (χ1n) is 8.66. The Morgan fingerprint density at radius 3 is 2.46 bits per heavy atom. The lowest BCUT2D eigenvalue weighted by Crippen LogP contribution is -2.47. The summed E-state index contributed by atoms with van der Waals surface area (Å²) in [5, 5.41) is 6.97. The molecule has 1 fully saturated rings. The number of halogens is 3. The third-order valence-corrected chi connectivity index (χ3v) is 4.60. The number of nitrogens with one attached hydrogen (secondary N) is 1. The van der Waals surface area contributed by atoms with Crippen LogP contribution < -0.4 is 10.2 Å². The van der Waals surface area contributed by atoms with Gasteiger partial charge in [0.1, 0.15) is 18.0 Å². The number of benzene rings is 2. The number of nitrogens with zero attached hydrogens (tertiary/aromatic N) is 4. The SMILES string of the molecule is Cc1cc(Nc2ncn(-c3cc(F)cc(F)c3)n2)c(F)c(N(C)C2COC2)c1. The van der Waals surface area contributed by atoms with Crippen molar-refractivity contribution in [3.63, 3.8) is 0 Å². The smallest absolute Gasteiger partial charge is 0.247 e. The van der Waals surface area contributed by atoms with Gasteiger partial charge in [0, 0.05) is 13.1 Å². The average molecular weight is 389 g/mol. The molecule has 28 heavy (non-hydrogen) atoms. The van der Waals surface area contributed by atoms with Crippen LogP contribution in [0.15, 0.2) is 36.7 Å². The van der Waals surface area contributed by atoms with Gasteiger partial charge in [0.15, 0.2) is 5.82 Å². The third-order valence-electron chi connectivity index (χ3n) is 4.60. The van der Waals surface area contributed by atoms with E-state index in [0.717, 1.165) is 23.8 Å². The van der Waals surface area contributed by atoms with Crippen molar-refractivity contribution in [3.8, 4) is 5.69 Å². The van der Waals surface area contributed by atoms with Gasteiger partial charge in [-0.2, -0.15) is 4.98 Å². The summed E-state index contributed by atoms with van der Waals surface area (Å²) in [6.45, 7) is 2.98. The Morgan fingerprint density at radius 2 is 1.82 bits per heavy atom. The van der Waals surface area contributed by atoms with Gasteiger partial charge in [0.25, 0.3) is 0 Å². The summed E-state index contributed by atoms with van der Waals surface area (Å²) >= 11 is 0. The van der Waals surface area contributed by atoms with Crippen molar-refractivity contribution in [3.05, 3.63) is 59.7 Å². The van der Waals surface area contributed by atoms with Crippen molar-refractivity contribution < 1.29 is 17.9 Å². The molecular formula is C19H18F3N5O. The van der Waals surface area contributed by atoms with Crippen LogP contribution in [0, 0.1) is 24.4 Å². The van der Waals surface area contributed by atoms with Crippen LogP contribution in [-0.2, 0) is 4.74 Å². The van der Waals surface area contributed by atoms with E-state index in [1.165, 1.54) is 11.0 Å². The molecule has 0 spiro atoms. The zero-order valence-electron chi connectivity index (χ0n) is 15.3. The molecule has 146 valence electrons. The molecule has 9 heteroatoms. The molecule has 1 aliphatic rings. The molecule has 4 rings (SSSR count). The molecule has 6 nitrogen and oxygen atoms in total. The lowest BCUT2D eigenvalue weighted by molar-refractivity contribution is 0.00994. The van der Waals surface area contributed by atoms with E-state index >= 15 is 4.39 Å². The molecular weight excluding hydrogens is 371 g/mol. The maximum Gasteiger partial charge on any atom is 0.247 e. The summed E-state index contributed by atoms with van der Waals surface area (Å²) in [5.41, 5.74) is 1.69. The van der Waals surface area contributed by atoms with E-state index < -0.39 is 17.5 Å². The Kier molecular flexibility index (Phi) is 4.68. The van der Waals surface area contributed by atoms with E-state index in [1.807, 2.05) is 18.9 Å². The number of anilines is 3. The number of ether oxygens (including phenoxy) is 1. The van der Waals surface area contributed by atoms with Crippen LogP contribution >= 0.6 is 0 Å². The lowest BCUT2D eigenvalue weighted by atomic mass is 10.1. The van der Waals surface area contributed by atoms with Crippen LogP contribution in [0.4, 0.5) is 30.5 Å². The minimum atomic E-state index is -0.725. The molecule has 1 N–H and O–H groups in total. The number of hydrogen-bond donors (Lipinski definition) is 1. The molecule has 0 aliphatic carbocycles. The van der Waals surface area contributed by atoms with Crippen LogP contribution in [0.1, 0.15) is 5.56 Å². The van der Waals surface area contributed by atoms with Crippen molar-refractivity contribution in [2.75, 3.05) is 30.5 Å². The summed E-state index contributed by atoms with van der Waals surface area (Å²) in [6.07, 6.45) is 1.29. The van der Waals surface area contributed by atoms with Crippen molar-refractivity contribution >= 4 is 17.3 Å². The molecule has 1 aliphatic heterocycles. The average Bonchev–Trinajstić information content (AvgIpc) is 3.04. The van der Waals surface area contributed by atoms with Gasteiger partial charge in [-0.1, -0.05) is 0 Å². The van der Waals surface area contributed by atoms with E-state index in [-0.39, 0.29) is 23.4 Å². The summed E-state index contributed by atoms with van der Waals surface area (Å²) < 4.78 is 48.2. The fourth-order valence-corrected chi connectivity index (χ4v) is 2.98. The quantitative estimate of drug-likeness (QED) is 0.723. The van der Waals surface area contributed by atoms with Crippen molar-refractivity contribution in [2.45, 2.75) is 13.0 Å². The fraction of sp³-hybridized carbons (Fsp3) is 0.263. The minimum absolute atomic E-state index is 0.106. The Morgan fingerprint density at radius 1 is 1.11 bits per heavy atom. The molecule has 3 aromatic rings. The van der Waals surface area contributed by atoms with E-state index in [9.17, 15) is 8.78 Å². The molecule has 0 saturated carbocycles. The third kappa shape index (κ3) is 3.53. The number of aromatic nitrogens is 3. The maximum atomic E-state index is 15.0. The zero-order chi connectivity index (χ0) is 19.8. The van der Waals surface area contributed by atoms with Gasteiger partial charge in [0.05, 0.1) is 36.3 Å². The minimum Gasteiger partial charge on any atom is -0.377 e. The van der Waals surface area contributed by atoms with Crippen molar-refractivity contribution in [1.82, 2.24) is 14.8 Å². The largest absolute Gasteiger partial charge is 0.377 e. The Bertz CT molecular complexity index is 999. The maximum absolute atomic E-state index is 15.0. The fourth-order valence-electron chi connectivity index (χ4n) is 2.98. The second kappa shape index (κ2) is 7.16. The van der Waals surface area contributed by atoms with Gasteiger partial charge < -0.3 is 15.0 Å². The molecule has 0 radical (unpaired) electrons. The highest BCUT2D eigenvalue weighted by molar-refractivity contribution is 5.65. The first-order chi connectivity index (χ1) is 13.4. The lowest BCUT2D eigenvalue weighted by Gasteiger charge is -2.36. The molecule has 2 aromatic carbocycles.